The minimum Gasteiger partial charge on any atom is -0.372 e. The van der Waals surface area contributed by atoms with Crippen LogP contribution in [0.25, 0.3) is 0 Å². The van der Waals surface area contributed by atoms with E-state index >= 15 is 0 Å². The minimum atomic E-state index is -0.400. The zero-order valence-corrected chi connectivity index (χ0v) is 16.2. The molecule has 2 aromatic carbocycles. The Hall–Kier alpha value is -3.00. The standard InChI is InChI=1S/C20H22N4O3S/c25-19(15-7-3-1-4-8-15)22-20(28)21-14-16-13-17(9-10-18(16)24(26)27)23-11-5-2-6-12-23/h1,3-4,7-10,13H,2,5-6,11-12,14H2,(H2,21,22,25,28). The van der Waals surface area contributed by atoms with Gasteiger partial charge in [-0.3, -0.25) is 20.2 Å². The smallest absolute Gasteiger partial charge is 0.274 e. The summed E-state index contributed by atoms with van der Waals surface area (Å²) < 4.78 is 0. The van der Waals surface area contributed by atoms with Crippen molar-refractivity contribution in [2.45, 2.75) is 25.8 Å². The lowest BCUT2D eigenvalue weighted by molar-refractivity contribution is -0.385. The van der Waals surface area contributed by atoms with Crippen LogP contribution in [0.2, 0.25) is 0 Å². The van der Waals surface area contributed by atoms with E-state index in [-0.39, 0.29) is 23.3 Å². The summed E-state index contributed by atoms with van der Waals surface area (Å²) in [7, 11) is 0. The van der Waals surface area contributed by atoms with Crippen molar-refractivity contribution in [1.29, 1.82) is 0 Å². The molecule has 0 unspecified atom stereocenters. The molecule has 0 bridgehead atoms. The topological polar surface area (TPSA) is 87.5 Å². The number of carbonyl (C=O) groups excluding carboxylic acids is 1. The first kappa shape index (κ1) is 19.8. The van der Waals surface area contributed by atoms with Crippen LogP contribution in [0.5, 0.6) is 0 Å². The van der Waals surface area contributed by atoms with Gasteiger partial charge in [0.05, 0.1) is 10.5 Å². The van der Waals surface area contributed by atoms with Crippen LogP contribution in [-0.4, -0.2) is 29.0 Å². The number of rotatable bonds is 5. The van der Waals surface area contributed by atoms with Crippen LogP contribution in [0.1, 0.15) is 35.2 Å². The number of hydrogen-bond donors (Lipinski definition) is 2. The Morgan fingerprint density at radius 3 is 2.50 bits per heavy atom. The molecule has 28 heavy (non-hydrogen) atoms. The predicted octanol–water partition coefficient (Wildman–Crippen LogP) is 3.39. The summed E-state index contributed by atoms with van der Waals surface area (Å²) in [5.74, 6) is -0.324. The summed E-state index contributed by atoms with van der Waals surface area (Å²) in [6.45, 7) is 2.07. The van der Waals surface area contributed by atoms with Gasteiger partial charge in [-0.15, -0.1) is 0 Å². The summed E-state index contributed by atoms with van der Waals surface area (Å²) >= 11 is 5.17. The van der Waals surface area contributed by atoms with E-state index in [0.717, 1.165) is 31.6 Å². The van der Waals surface area contributed by atoms with Crippen molar-refractivity contribution >= 4 is 34.6 Å². The highest BCUT2D eigenvalue weighted by atomic mass is 32.1. The number of thiocarbonyl (C=S) groups is 1. The van der Waals surface area contributed by atoms with Crippen molar-refractivity contribution in [3.05, 3.63) is 69.8 Å². The number of carbonyl (C=O) groups is 1. The molecule has 146 valence electrons. The van der Waals surface area contributed by atoms with Crippen molar-refractivity contribution in [3.63, 3.8) is 0 Å². The van der Waals surface area contributed by atoms with E-state index in [9.17, 15) is 14.9 Å². The van der Waals surface area contributed by atoms with E-state index < -0.39 is 4.92 Å². The molecule has 2 N–H and O–H groups in total. The number of anilines is 1. The molecule has 1 saturated heterocycles. The highest BCUT2D eigenvalue weighted by molar-refractivity contribution is 7.80. The maximum absolute atomic E-state index is 12.1. The quantitative estimate of drug-likeness (QED) is 0.456. The first-order valence-corrected chi connectivity index (χ1v) is 9.62. The van der Waals surface area contributed by atoms with Gasteiger partial charge in [0.25, 0.3) is 11.6 Å². The third kappa shape index (κ3) is 5.04. The fourth-order valence-electron chi connectivity index (χ4n) is 3.22. The van der Waals surface area contributed by atoms with Crippen LogP contribution >= 0.6 is 12.2 Å². The van der Waals surface area contributed by atoms with E-state index in [2.05, 4.69) is 15.5 Å². The lowest BCUT2D eigenvalue weighted by Gasteiger charge is -2.29. The van der Waals surface area contributed by atoms with Crippen LogP contribution in [0, 0.1) is 10.1 Å². The molecule has 1 heterocycles. The molecule has 0 atom stereocenters. The molecule has 0 spiro atoms. The van der Waals surface area contributed by atoms with Crippen molar-refractivity contribution in [1.82, 2.24) is 10.6 Å². The van der Waals surface area contributed by atoms with Gasteiger partial charge in [-0.2, -0.15) is 0 Å². The zero-order chi connectivity index (χ0) is 19.9. The van der Waals surface area contributed by atoms with Gasteiger partial charge < -0.3 is 10.2 Å². The van der Waals surface area contributed by atoms with Crippen LogP contribution in [0.4, 0.5) is 11.4 Å². The van der Waals surface area contributed by atoms with Gasteiger partial charge in [0.1, 0.15) is 0 Å². The Kier molecular flexibility index (Phi) is 6.54. The lowest BCUT2D eigenvalue weighted by Crippen LogP contribution is -2.39. The summed E-state index contributed by atoms with van der Waals surface area (Å²) in [6, 6.07) is 13.9. The van der Waals surface area contributed by atoms with Gasteiger partial charge in [-0.05, 0) is 55.7 Å². The molecule has 1 aliphatic heterocycles. The largest absolute Gasteiger partial charge is 0.372 e. The average Bonchev–Trinajstić information content (AvgIpc) is 2.73. The third-order valence-corrected chi connectivity index (χ3v) is 4.93. The normalized spacial score (nSPS) is 13.6. The second-order valence-electron chi connectivity index (χ2n) is 6.62. The number of nitrogens with zero attached hydrogens (tertiary/aromatic N) is 2. The molecule has 1 amide bonds. The number of benzene rings is 2. The maximum atomic E-state index is 12.1. The zero-order valence-electron chi connectivity index (χ0n) is 15.4. The van der Waals surface area contributed by atoms with Crippen LogP contribution in [-0.2, 0) is 6.54 Å². The fourth-order valence-corrected chi connectivity index (χ4v) is 3.39. The molecule has 2 aromatic rings. The molecule has 7 nitrogen and oxygen atoms in total. The Labute approximate surface area is 168 Å². The summed E-state index contributed by atoms with van der Waals surface area (Å²) in [6.07, 6.45) is 3.47. The summed E-state index contributed by atoms with van der Waals surface area (Å²) in [5, 5.41) is 17.0. The van der Waals surface area contributed by atoms with E-state index in [1.165, 1.54) is 12.5 Å². The molecular formula is C20H22N4O3S. The highest BCUT2D eigenvalue weighted by Gasteiger charge is 2.18. The van der Waals surface area contributed by atoms with Gasteiger partial charge in [-0.25, -0.2) is 0 Å². The monoisotopic (exact) mass is 398 g/mol. The van der Waals surface area contributed by atoms with Crippen LogP contribution in [0.3, 0.4) is 0 Å². The van der Waals surface area contributed by atoms with Gasteiger partial charge in [0.15, 0.2) is 5.11 Å². The molecule has 1 aliphatic rings. The molecule has 0 saturated carbocycles. The first-order valence-electron chi connectivity index (χ1n) is 9.21. The summed E-state index contributed by atoms with van der Waals surface area (Å²) in [5.41, 5.74) is 2.03. The molecular weight excluding hydrogens is 376 g/mol. The Morgan fingerprint density at radius 1 is 1.11 bits per heavy atom. The van der Waals surface area contributed by atoms with E-state index in [1.807, 2.05) is 12.1 Å². The minimum absolute atomic E-state index is 0.0328. The molecule has 1 fully saturated rings. The number of nitrogens with one attached hydrogen (secondary N) is 2. The third-order valence-electron chi connectivity index (χ3n) is 4.68. The van der Waals surface area contributed by atoms with Crippen molar-refractivity contribution < 1.29 is 9.72 Å². The molecule has 3 rings (SSSR count). The van der Waals surface area contributed by atoms with Crippen LogP contribution in [0.15, 0.2) is 48.5 Å². The van der Waals surface area contributed by atoms with Gasteiger partial charge in [-0.1, -0.05) is 18.2 Å². The summed E-state index contributed by atoms with van der Waals surface area (Å²) in [4.78, 5) is 25.4. The molecule has 0 radical (unpaired) electrons. The maximum Gasteiger partial charge on any atom is 0.274 e. The number of hydrogen-bond acceptors (Lipinski definition) is 5. The average molecular weight is 398 g/mol. The molecule has 0 aliphatic carbocycles. The predicted molar refractivity (Wildman–Crippen MR) is 113 cm³/mol. The highest BCUT2D eigenvalue weighted by Crippen LogP contribution is 2.27. The van der Waals surface area contributed by atoms with E-state index in [4.69, 9.17) is 12.2 Å². The van der Waals surface area contributed by atoms with Gasteiger partial charge in [0, 0.05) is 37.0 Å². The molecule has 0 aromatic heterocycles. The number of piperidine rings is 1. The first-order chi connectivity index (χ1) is 13.5. The van der Waals surface area contributed by atoms with Crippen molar-refractivity contribution in [2.75, 3.05) is 18.0 Å². The second kappa shape index (κ2) is 9.27. The van der Waals surface area contributed by atoms with Gasteiger partial charge in [0.2, 0.25) is 0 Å². The van der Waals surface area contributed by atoms with Crippen LogP contribution < -0.4 is 15.5 Å². The number of nitro benzene ring substituents is 1. The molecule has 8 heteroatoms. The Morgan fingerprint density at radius 2 is 1.82 bits per heavy atom. The van der Waals surface area contributed by atoms with Gasteiger partial charge >= 0.3 is 0 Å². The van der Waals surface area contributed by atoms with E-state index in [0.29, 0.717) is 11.1 Å². The SMILES string of the molecule is O=C(NC(=S)NCc1cc(N2CCCCC2)ccc1[N+](=O)[O-])c1ccccc1. The number of nitro groups is 1. The van der Waals surface area contributed by atoms with E-state index in [1.54, 1.807) is 30.3 Å². The fraction of sp³-hybridized carbons (Fsp3) is 0.300. The number of amides is 1. The Balaban J connectivity index is 1.67. The second-order valence-corrected chi connectivity index (χ2v) is 7.03. The van der Waals surface area contributed by atoms with Crippen molar-refractivity contribution in [2.24, 2.45) is 0 Å². The lowest BCUT2D eigenvalue weighted by atomic mass is 10.1. The Bertz CT molecular complexity index is 867. The van der Waals surface area contributed by atoms with Crippen molar-refractivity contribution in [3.8, 4) is 0 Å².